The maximum Gasteiger partial charge on any atom is 0.340 e. The van der Waals surface area contributed by atoms with Crippen LogP contribution in [0.2, 0.25) is 0 Å². The van der Waals surface area contributed by atoms with Gasteiger partial charge in [0.05, 0.1) is 12.7 Å². The number of nitrogens with one attached hydrogen (secondary N) is 1. The van der Waals surface area contributed by atoms with Gasteiger partial charge < -0.3 is 14.6 Å². The summed E-state index contributed by atoms with van der Waals surface area (Å²) in [5.74, 6) is -0.702. The molecule has 1 aliphatic heterocycles. The van der Waals surface area contributed by atoms with Gasteiger partial charge in [0, 0.05) is 18.8 Å². The third-order valence-electron chi connectivity index (χ3n) is 2.57. The third kappa shape index (κ3) is 1.40. The van der Waals surface area contributed by atoms with E-state index in [0.717, 1.165) is 0 Å². The van der Waals surface area contributed by atoms with Crippen LogP contribution in [0.1, 0.15) is 33.8 Å². The van der Waals surface area contributed by atoms with E-state index in [1.807, 2.05) is 6.92 Å². The van der Waals surface area contributed by atoms with Gasteiger partial charge in [-0.05, 0) is 13.0 Å². The van der Waals surface area contributed by atoms with Crippen LogP contribution in [0.3, 0.4) is 0 Å². The lowest BCUT2D eigenvalue weighted by atomic mass is 10.2. The molecule has 1 unspecified atom stereocenters. The number of hydrogen-bond donors (Lipinski definition) is 1. The molecule has 80 valence electrons. The van der Waals surface area contributed by atoms with E-state index >= 15 is 0 Å². The zero-order chi connectivity index (χ0) is 11.0. The van der Waals surface area contributed by atoms with Crippen molar-refractivity contribution < 1.29 is 14.3 Å². The van der Waals surface area contributed by atoms with Crippen LogP contribution in [0, 0.1) is 0 Å². The molecule has 2 heterocycles. The Labute approximate surface area is 87.0 Å². The molecule has 5 nitrogen and oxygen atoms in total. The Morgan fingerprint density at radius 1 is 1.67 bits per heavy atom. The molecule has 15 heavy (non-hydrogen) atoms. The number of carbonyl (C=O) groups is 2. The molecular weight excluding hydrogens is 196 g/mol. The fourth-order valence-electron chi connectivity index (χ4n) is 1.75. The van der Waals surface area contributed by atoms with Crippen molar-refractivity contribution in [3.63, 3.8) is 0 Å². The molecule has 5 heteroatoms. The topological polar surface area (TPSA) is 60.3 Å². The second kappa shape index (κ2) is 3.42. The number of esters is 1. The van der Waals surface area contributed by atoms with Crippen molar-refractivity contribution in [3.05, 3.63) is 23.5 Å². The van der Waals surface area contributed by atoms with Crippen LogP contribution in [-0.4, -0.2) is 30.1 Å². The highest BCUT2D eigenvalue weighted by atomic mass is 16.5. The predicted octanol–water partition coefficient (Wildman–Crippen LogP) is 0.579. The van der Waals surface area contributed by atoms with Gasteiger partial charge in [0.1, 0.15) is 5.69 Å². The van der Waals surface area contributed by atoms with E-state index in [4.69, 9.17) is 0 Å². The van der Waals surface area contributed by atoms with Crippen LogP contribution in [0.4, 0.5) is 0 Å². The number of amides is 1. The summed E-state index contributed by atoms with van der Waals surface area (Å²) in [5.41, 5.74) is 0.710. The maximum absolute atomic E-state index is 11.6. The Hall–Kier alpha value is -1.78. The summed E-state index contributed by atoms with van der Waals surface area (Å²) < 4.78 is 6.41. The number of carbonyl (C=O) groups excluding carboxylic acids is 2. The molecule has 2 rings (SSSR count). The van der Waals surface area contributed by atoms with E-state index in [1.54, 1.807) is 16.8 Å². The van der Waals surface area contributed by atoms with Gasteiger partial charge in [0.25, 0.3) is 5.91 Å². The molecular formula is C10H12N2O3. The second-order valence-electron chi connectivity index (χ2n) is 3.54. The lowest BCUT2D eigenvalue weighted by molar-refractivity contribution is 0.0595. The van der Waals surface area contributed by atoms with Crippen molar-refractivity contribution >= 4 is 11.9 Å². The molecule has 1 aromatic heterocycles. The fourth-order valence-corrected chi connectivity index (χ4v) is 1.75. The Bertz CT molecular complexity index is 422. The third-order valence-corrected chi connectivity index (χ3v) is 2.57. The van der Waals surface area contributed by atoms with E-state index in [0.29, 0.717) is 17.8 Å². The maximum atomic E-state index is 11.6. The molecule has 0 aromatic carbocycles. The largest absolute Gasteiger partial charge is 0.465 e. The first-order valence-electron chi connectivity index (χ1n) is 4.72. The Morgan fingerprint density at radius 2 is 2.40 bits per heavy atom. The lowest BCUT2D eigenvalue weighted by Crippen LogP contribution is -2.38. The number of aromatic nitrogens is 1. The first-order chi connectivity index (χ1) is 7.15. The zero-order valence-corrected chi connectivity index (χ0v) is 8.61. The van der Waals surface area contributed by atoms with E-state index < -0.39 is 5.97 Å². The summed E-state index contributed by atoms with van der Waals surface area (Å²) in [5, 5.41) is 2.73. The molecule has 0 radical (unpaired) electrons. The molecule has 0 saturated carbocycles. The van der Waals surface area contributed by atoms with Crippen molar-refractivity contribution in [1.82, 2.24) is 9.88 Å². The lowest BCUT2D eigenvalue weighted by Gasteiger charge is -2.23. The molecule has 1 aromatic rings. The van der Waals surface area contributed by atoms with Crippen LogP contribution in [0.5, 0.6) is 0 Å². The normalized spacial score (nSPS) is 19.3. The molecule has 1 atom stereocenters. The highest BCUT2D eigenvalue weighted by molar-refractivity contribution is 6.04. The average Bonchev–Trinajstić information content (AvgIpc) is 2.68. The van der Waals surface area contributed by atoms with Crippen molar-refractivity contribution in [3.8, 4) is 0 Å². The van der Waals surface area contributed by atoms with Crippen molar-refractivity contribution in [2.24, 2.45) is 0 Å². The Balaban J connectivity index is 2.52. The van der Waals surface area contributed by atoms with Crippen molar-refractivity contribution in [2.45, 2.75) is 13.0 Å². The van der Waals surface area contributed by atoms with Crippen molar-refractivity contribution in [2.75, 3.05) is 13.7 Å². The second-order valence-corrected chi connectivity index (χ2v) is 3.54. The summed E-state index contributed by atoms with van der Waals surface area (Å²) in [4.78, 5) is 23.0. The summed E-state index contributed by atoms with van der Waals surface area (Å²) >= 11 is 0. The van der Waals surface area contributed by atoms with Gasteiger partial charge in [0.2, 0.25) is 0 Å². The first-order valence-corrected chi connectivity index (χ1v) is 4.72. The van der Waals surface area contributed by atoms with Crippen LogP contribution in [-0.2, 0) is 4.74 Å². The van der Waals surface area contributed by atoms with Gasteiger partial charge in [-0.25, -0.2) is 4.79 Å². The average molecular weight is 208 g/mol. The minimum absolute atomic E-state index is 0.163. The molecule has 0 saturated heterocycles. The van der Waals surface area contributed by atoms with Gasteiger partial charge in [-0.2, -0.15) is 0 Å². The summed E-state index contributed by atoms with van der Waals surface area (Å²) in [6.07, 6.45) is 1.74. The highest BCUT2D eigenvalue weighted by Crippen LogP contribution is 2.20. The van der Waals surface area contributed by atoms with E-state index in [9.17, 15) is 9.59 Å². The van der Waals surface area contributed by atoms with E-state index in [1.165, 1.54) is 7.11 Å². The van der Waals surface area contributed by atoms with Gasteiger partial charge in [0.15, 0.2) is 0 Å². The van der Waals surface area contributed by atoms with Crippen LogP contribution in [0.15, 0.2) is 12.3 Å². The molecule has 0 fully saturated rings. The minimum Gasteiger partial charge on any atom is -0.465 e. The molecule has 0 bridgehead atoms. The summed E-state index contributed by atoms with van der Waals surface area (Å²) in [6.45, 7) is 2.56. The number of nitrogens with zero attached hydrogens (tertiary/aromatic N) is 1. The smallest absolute Gasteiger partial charge is 0.340 e. The monoisotopic (exact) mass is 208 g/mol. The molecule has 0 spiro atoms. The first kappa shape index (κ1) is 9.76. The van der Waals surface area contributed by atoms with Crippen molar-refractivity contribution in [1.29, 1.82) is 0 Å². The van der Waals surface area contributed by atoms with Crippen LogP contribution in [0.25, 0.3) is 0 Å². The van der Waals surface area contributed by atoms with Crippen LogP contribution < -0.4 is 5.32 Å². The number of fused-ring (bicyclic) bond motifs is 1. The molecule has 1 amide bonds. The zero-order valence-electron chi connectivity index (χ0n) is 8.61. The summed E-state index contributed by atoms with van der Waals surface area (Å²) in [6, 6.07) is 1.78. The van der Waals surface area contributed by atoms with Gasteiger partial charge >= 0.3 is 5.97 Å². The number of rotatable bonds is 1. The van der Waals surface area contributed by atoms with Gasteiger partial charge in [-0.1, -0.05) is 0 Å². The molecule has 1 N–H and O–H groups in total. The Kier molecular flexibility index (Phi) is 2.22. The predicted molar refractivity (Wildman–Crippen MR) is 52.8 cm³/mol. The van der Waals surface area contributed by atoms with E-state index in [2.05, 4.69) is 10.1 Å². The minimum atomic E-state index is -0.479. The van der Waals surface area contributed by atoms with Gasteiger partial charge in [-0.15, -0.1) is 0 Å². The number of methoxy groups -OCH3 is 1. The van der Waals surface area contributed by atoms with Crippen LogP contribution >= 0.6 is 0 Å². The molecule has 0 aliphatic carbocycles. The van der Waals surface area contributed by atoms with Gasteiger partial charge in [-0.3, -0.25) is 4.79 Å². The summed E-state index contributed by atoms with van der Waals surface area (Å²) in [7, 11) is 1.30. The van der Waals surface area contributed by atoms with E-state index in [-0.39, 0.29) is 11.9 Å². The standard InChI is InChI=1S/C10H12N2O3/c1-6-5-11-9(13)8-7(10(14)15-2)3-4-12(6)8/h3-4,6H,5H2,1-2H3,(H,11,13). The highest BCUT2D eigenvalue weighted by Gasteiger charge is 2.28. The fraction of sp³-hybridized carbons (Fsp3) is 0.400. The quantitative estimate of drug-likeness (QED) is 0.687. The molecule has 1 aliphatic rings. The SMILES string of the molecule is COC(=O)c1ccn2c1C(=O)NCC2C. The Morgan fingerprint density at radius 3 is 3.07 bits per heavy atom. The number of ether oxygens (including phenoxy) is 1. The number of hydrogen-bond acceptors (Lipinski definition) is 3.